The van der Waals surface area contributed by atoms with Gasteiger partial charge in [-0.3, -0.25) is 19.8 Å². The molecule has 1 atom stereocenters. The van der Waals surface area contributed by atoms with E-state index in [0.29, 0.717) is 16.5 Å². The minimum Gasteiger partial charge on any atom is -0.297 e. The smallest absolute Gasteiger partial charge is 0.246 e. The van der Waals surface area contributed by atoms with Crippen LogP contribution in [0.5, 0.6) is 0 Å². The van der Waals surface area contributed by atoms with E-state index in [0.717, 1.165) is 4.90 Å². The van der Waals surface area contributed by atoms with Crippen LogP contribution in [-0.2, 0) is 16.1 Å². The van der Waals surface area contributed by atoms with Crippen LogP contribution in [0, 0.1) is 5.82 Å². The van der Waals surface area contributed by atoms with Crippen LogP contribution in [-0.4, -0.2) is 29.3 Å². The van der Waals surface area contributed by atoms with Crippen molar-refractivity contribution < 1.29 is 14.0 Å². The highest BCUT2D eigenvalue weighted by atomic mass is 79.9. The first-order valence-corrected chi connectivity index (χ1v) is 6.83. The van der Waals surface area contributed by atoms with Gasteiger partial charge in [-0.25, -0.2) is 4.39 Å². The van der Waals surface area contributed by atoms with Gasteiger partial charge in [0.2, 0.25) is 11.8 Å². The normalized spacial score (nSPS) is 19.9. The summed E-state index contributed by atoms with van der Waals surface area (Å²) in [5.41, 5.74) is 0.335. The van der Waals surface area contributed by atoms with Crippen LogP contribution in [0.15, 0.2) is 22.7 Å². The maximum Gasteiger partial charge on any atom is 0.246 e. The van der Waals surface area contributed by atoms with E-state index >= 15 is 0 Å². The third-order valence-electron chi connectivity index (χ3n) is 3.12. The molecule has 4 nitrogen and oxygen atoms in total. The summed E-state index contributed by atoms with van der Waals surface area (Å²) in [4.78, 5) is 24.9. The maximum atomic E-state index is 13.7. The molecule has 1 unspecified atom stereocenters. The predicted octanol–water partition coefficient (Wildman–Crippen LogP) is 1.83. The van der Waals surface area contributed by atoms with Crippen molar-refractivity contribution in [3.8, 4) is 0 Å². The number of hydrogen-bond donors (Lipinski definition) is 1. The average molecular weight is 329 g/mol. The van der Waals surface area contributed by atoms with E-state index in [1.54, 1.807) is 12.1 Å². The largest absolute Gasteiger partial charge is 0.297 e. The first-order valence-electron chi connectivity index (χ1n) is 6.04. The van der Waals surface area contributed by atoms with Crippen molar-refractivity contribution in [3.63, 3.8) is 0 Å². The zero-order valence-electron chi connectivity index (χ0n) is 10.5. The molecular weight excluding hydrogens is 315 g/mol. The molecule has 1 heterocycles. The highest BCUT2D eigenvalue weighted by molar-refractivity contribution is 9.10. The monoisotopic (exact) mass is 328 g/mol. The number of benzene rings is 1. The molecule has 1 aromatic rings. The Labute approximate surface area is 119 Å². The lowest BCUT2D eigenvalue weighted by Gasteiger charge is -2.31. The lowest BCUT2D eigenvalue weighted by molar-refractivity contribution is -0.150. The summed E-state index contributed by atoms with van der Waals surface area (Å²) in [5, 5.41) is 2.87. The Hall–Kier alpha value is -1.27. The third-order valence-corrected chi connectivity index (χ3v) is 3.61. The number of carbonyl (C=O) groups excluding carboxylic acids is 2. The number of piperazine rings is 1. The number of nitrogens with zero attached hydrogens (tertiary/aromatic N) is 1. The second kappa shape index (κ2) is 5.79. The molecule has 0 radical (unpaired) electrons. The molecule has 1 saturated heterocycles. The molecule has 1 N–H and O–H groups in total. The number of carbonyl (C=O) groups is 2. The quantitative estimate of drug-likeness (QED) is 0.861. The third kappa shape index (κ3) is 3.01. The summed E-state index contributed by atoms with van der Waals surface area (Å²) in [7, 11) is 0. The van der Waals surface area contributed by atoms with Gasteiger partial charge in [-0.05, 0) is 18.6 Å². The van der Waals surface area contributed by atoms with E-state index in [9.17, 15) is 14.0 Å². The lowest BCUT2D eigenvalue weighted by Crippen LogP contribution is -2.57. The summed E-state index contributed by atoms with van der Waals surface area (Å²) in [6.45, 7) is 1.96. The van der Waals surface area contributed by atoms with Gasteiger partial charge in [0, 0.05) is 10.0 Å². The van der Waals surface area contributed by atoms with E-state index in [-0.39, 0.29) is 30.9 Å². The highest BCUT2D eigenvalue weighted by Crippen LogP contribution is 2.18. The van der Waals surface area contributed by atoms with Crippen LogP contribution in [0.3, 0.4) is 0 Å². The molecule has 1 aliphatic heterocycles. The molecule has 6 heteroatoms. The first-order chi connectivity index (χ1) is 9.02. The van der Waals surface area contributed by atoms with Gasteiger partial charge in [0.05, 0.1) is 19.1 Å². The molecule has 0 spiro atoms. The van der Waals surface area contributed by atoms with Gasteiger partial charge in [-0.1, -0.05) is 28.9 Å². The van der Waals surface area contributed by atoms with Crippen molar-refractivity contribution in [2.45, 2.75) is 25.9 Å². The molecule has 102 valence electrons. The van der Waals surface area contributed by atoms with Crippen LogP contribution in [0.25, 0.3) is 0 Å². The number of nitrogens with one attached hydrogen (secondary N) is 1. The molecule has 19 heavy (non-hydrogen) atoms. The fourth-order valence-electron chi connectivity index (χ4n) is 2.01. The Morgan fingerprint density at radius 2 is 2.21 bits per heavy atom. The number of rotatable bonds is 3. The fourth-order valence-corrected chi connectivity index (χ4v) is 2.34. The standard InChI is InChI=1S/C13H14BrFN2O2/c1-2-11-13(19)17(12(18)6-16-11)7-8-3-4-9(14)5-10(8)15/h3-5,11,16H,2,6-7H2,1H3. The Kier molecular flexibility index (Phi) is 4.31. The molecule has 0 aliphatic carbocycles. The molecule has 1 fully saturated rings. The van der Waals surface area contributed by atoms with Crippen molar-refractivity contribution in [2.75, 3.05) is 6.54 Å². The van der Waals surface area contributed by atoms with Crippen molar-refractivity contribution in [3.05, 3.63) is 34.1 Å². The predicted molar refractivity (Wildman–Crippen MR) is 71.7 cm³/mol. The summed E-state index contributed by atoms with van der Waals surface area (Å²) in [5.74, 6) is -1.04. The molecule has 0 aromatic heterocycles. The summed E-state index contributed by atoms with van der Waals surface area (Å²) < 4.78 is 14.4. The van der Waals surface area contributed by atoms with E-state index in [1.165, 1.54) is 6.07 Å². The number of halogens is 2. The molecule has 2 rings (SSSR count). The molecular formula is C13H14BrFN2O2. The minimum absolute atomic E-state index is 0.0189. The highest BCUT2D eigenvalue weighted by Gasteiger charge is 2.33. The SMILES string of the molecule is CCC1NCC(=O)N(Cc2ccc(Br)cc2F)C1=O. The lowest BCUT2D eigenvalue weighted by atomic mass is 10.1. The first kappa shape index (κ1) is 14.1. The van der Waals surface area contributed by atoms with Gasteiger partial charge < -0.3 is 0 Å². The topological polar surface area (TPSA) is 49.4 Å². The number of amides is 2. The summed E-state index contributed by atoms with van der Waals surface area (Å²) in [6, 6.07) is 4.22. The van der Waals surface area contributed by atoms with Crippen LogP contribution in [0.1, 0.15) is 18.9 Å². The Morgan fingerprint density at radius 3 is 2.84 bits per heavy atom. The van der Waals surface area contributed by atoms with Gasteiger partial charge in [0.15, 0.2) is 0 Å². The van der Waals surface area contributed by atoms with Crippen molar-refractivity contribution >= 4 is 27.7 Å². The molecule has 0 bridgehead atoms. The van der Waals surface area contributed by atoms with Crippen LogP contribution in [0.2, 0.25) is 0 Å². The molecule has 2 amide bonds. The van der Waals surface area contributed by atoms with Gasteiger partial charge in [-0.15, -0.1) is 0 Å². The summed E-state index contributed by atoms with van der Waals surface area (Å²) >= 11 is 3.17. The number of hydrogen-bond acceptors (Lipinski definition) is 3. The zero-order valence-corrected chi connectivity index (χ0v) is 12.0. The van der Waals surface area contributed by atoms with E-state index in [1.807, 2.05) is 6.92 Å². The molecule has 1 aliphatic rings. The Balaban J connectivity index is 2.20. The second-order valence-corrected chi connectivity index (χ2v) is 5.31. The number of imide groups is 1. The Bertz CT molecular complexity index is 521. The van der Waals surface area contributed by atoms with E-state index in [2.05, 4.69) is 21.2 Å². The molecule has 0 saturated carbocycles. The van der Waals surface area contributed by atoms with Gasteiger partial charge >= 0.3 is 0 Å². The van der Waals surface area contributed by atoms with Crippen LogP contribution >= 0.6 is 15.9 Å². The average Bonchev–Trinajstić information content (AvgIpc) is 2.37. The Morgan fingerprint density at radius 1 is 1.47 bits per heavy atom. The van der Waals surface area contributed by atoms with E-state index < -0.39 is 5.82 Å². The van der Waals surface area contributed by atoms with Crippen LogP contribution < -0.4 is 5.32 Å². The van der Waals surface area contributed by atoms with E-state index in [4.69, 9.17) is 0 Å². The van der Waals surface area contributed by atoms with Gasteiger partial charge in [-0.2, -0.15) is 0 Å². The zero-order chi connectivity index (χ0) is 14.0. The van der Waals surface area contributed by atoms with Crippen molar-refractivity contribution in [1.82, 2.24) is 10.2 Å². The minimum atomic E-state index is -0.429. The summed E-state index contributed by atoms with van der Waals surface area (Å²) in [6.07, 6.45) is 0.603. The fraction of sp³-hybridized carbons (Fsp3) is 0.385. The molecule has 1 aromatic carbocycles. The second-order valence-electron chi connectivity index (χ2n) is 4.40. The maximum absolute atomic E-state index is 13.7. The van der Waals surface area contributed by atoms with Gasteiger partial charge in [0.1, 0.15) is 5.82 Å². The van der Waals surface area contributed by atoms with Crippen molar-refractivity contribution in [2.24, 2.45) is 0 Å². The van der Waals surface area contributed by atoms with Crippen molar-refractivity contribution in [1.29, 1.82) is 0 Å². The van der Waals surface area contributed by atoms with Gasteiger partial charge in [0.25, 0.3) is 0 Å². The van der Waals surface area contributed by atoms with Crippen LogP contribution in [0.4, 0.5) is 4.39 Å².